The van der Waals surface area contributed by atoms with Gasteiger partial charge in [0.2, 0.25) is 0 Å². The first-order valence-corrected chi connectivity index (χ1v) is 6.26. The van der Waals surface area contributed by atoms with Crippen molar-refractivity contribution >= 4 is 15.6 Å². The Morgan fingerprint density at radius 1 is 1.58 bits per heavy atom. The number of hydrogen-bond donors (Lipinski definition) is 1. The molecule has 0 aromatic heterocycles. The zero-order valence-corrected chi connectivity index (χ0v) is 8.19. The lowest BCUT2D eigenvalue weighted by Crippen LogP contribution is -2.29. The molecular formula is C7H14N2O2S. The fraction of sp³-hybridized carbons (Fsp3) is 0.857. The SMILES string of the molecule is CS(C)(=O)=NC(=O)[C@H]1CCCN1. The van der Waals surface area contributed by atoms with Crippen LogP contribution in [0.4, 0.5) is 0 Å². The van der Waals surface area contributed by atoms with Crippen molar-refractivity contribution in [3.05, 3.63) is 0 Å². The minimum Gasteiger partial charge on any atom is -0.306 e. The zero-order chi connectivity index (χ0) is 9.19. The first kappa shape index (κ1) is 9.67. The highest BCUT2D eigenvalue weighted by Gasteiger charge is 2.21. The number of nitrogens with one attached hydrogen (secondary N) is 1. The van der Waals surface area contributed by atoms with E-state index in [0.717, 1.165) is 19.4 Å². The largest absolute Gasteiger partial charge is 0.306 e. The third-order valence-corrected chi connectivity index (χ3v) is 2.29. The molecule has 12 heavy (non-hydrogen) atoms. The van der Waals surface area contributed by atoms with Crippen LogP contribution in [0.2, 0.25) is 0 Å². The van der Waals surface area contributed by atoms with Gasteiger partial charge in [-0.05, 0) is 19.4 Å². The topological polar surface area (TPSA) is 58.5 Å². The Morgan fingerprint density at radius 2 is 2.25 bits per heavy atom. The molecule has 5 heteroatoms. The predicted octanol–water partition coefficient (Wildman–Crippen LogP) is -0.00740. The molecule has 0 aliphatic carbocycles. The minimum atomic E-state index is -2.28. The number of nitrogens with zero attached hydrogens (tertiary/aromatic N) is 1. The number of carbonyl (C=O) groups excluding carboxylic acids is 1. The Labute approximate surface area is 72.9 Å². The molecule has 4 nitrogen and oxygen atoms in total. The quantitative estimate of drug-likeness (QED) is 0.633. The molecule has 1 amide bonds. The summed E-state index contributed by atoms with van der Waals surface area (Å²) in [6.07, 6.45) is 4.76. The summed E-state index contributed by atoms with van der Waals surface area (Å²) in [4.78, 5) is 11.3. The van der Waals surface area contributed by atoms with Gasteiger partial charge in [0.05, 0.1) is 6.04 Å². The summed E-state index contributed by atoms with van der Waals surface area (Å²) in [7, 11) is -2.28. The van der Waals surface area contributed by atoms with Gasteiger partial charge in [0, 0.05) is 22.2 Å². The molecule has 0 saturated carbocycles. The lowest BCUT2D eigenvalue weighted by Gasteiger charge is -2.03. The molecule has 0 aromatic rings. The highest BCUT2D eigenvalue weighted by Crippen LogP contribution is 2.06. The first-order valence-electron chi connectivity index (χ1n) is 3.93. The molecule has 1 rings (SSSR count). The summed E-state index contributed by atoms with van der Waals surface area (Å²) in [5.41, 5.74) is 0. The molecule has 0 unspecified atom stereocenters. The van der Waals surface area contributed by atoms with E-state index >= 15 is 0 Å². The molecule has 1 aliphatic heterocycles. The molecule has 70 valence electrons. The lowest BCUT2D eigenvalue weighted by molar-refractivity contribution is -0.119. The third kappa shape index (κ3) is 2.91. The number of hydrogen-bond acceptors (Lipinski definition) is 3. The fourth-order valence-corrected chi connectivity index (χ4v) is 1.74. The van der Waals surface area contributed by atoms with Gasteiger partial charge in [-0.1, -0.05) is 0 Å². The Morgan fingerprint density at radius 3 is 2.67 bits per heavy atom. The maximum atomic E-state index is 11.3. The maximum Gasteiger partial charge on any atom is 0.270 e. The van der Waals surface area contributed by atoms with Gasteiger partial charge in [-0.3, -0.25) is 4.79 Å². The van der Waals surface area contributed by atoms with Crippen molar-refractivity contribution in [3.8, 4) is 0 Å². The van der Waals surface area contributed by atoms with E-state index in [1.54, 1.807) is 0 Å². The van der Waals surface area contributed by atoms with Gasteiger partial charge in [0.15, 0.2) is 0 Å². The van der Waals surface area contributed by atoms with E-state index in [9.17, 15) is 9.00 Å². The van der Waals surface area contributed by atoms with Gasteiger partial charge < -0.3 is 5.32 Å². The summed E-state index contributed by atoms with van der Waals surface area (Å²) in [6, 6.07) is -0.189. The van der Waals surface area contributed by atoms with Crippen LogP contribution < -0.4 is 5.32 Å². The van der Waals surface area contributed by atoms with Crippen molar-refractivity contribution < 1.29 is 9.00 Å². The van der Waals surface area contributed by atoms with Crippen molar-refractivity contribution in [3.63, 3.8) is 0 Å². The molecule has 1 fully saturated rings. The van der Waals surface area contributed by atoms with Gasteiger partial charge in [-0.15, -0.1) is 0 Å². The lowest BCUT2D eigenvalue weighted by atomic mass is 10.2. The standard InChI is InChI=1S/C7H14N2O2S/c1-12(2,11)9-7(10)6-4-3-5-8-6/h6,8H,3-5H2,1-2H3/t6-/m1/s1. The third-order valence-electron chi connectivity index (χ3n) is 1.67. The molecule has 1 aliphatic rings. The Hall–Kier alpha value is -0.420. The van der Waals surface area contributed by atoms with Crippen LogP contribution in [-0.2, 0) is 14.5 Å². The van der Waals surface area contributed by atoms with Crippen molar-refractivity contribution in [2.24, 2.45) is 4.36 Å². The highest BCUT2D eigenvalue weighted by molar-refractivity contribution is 7.92. The predicted molar refractivity (Wildman–Crippen MR) is 48.5 cm³/mol. The molecule has 1 atom stereocenters. The van der Waals surface area contributed by atoms with E-state index in [2.05, 4.69) is 9.68 Å². The van der Waals surface area contributed by atoms with Gasteiger partial charge in [0.1, 0.15) is 0 Å². The summed E-state index contributed by atoms with van der Waals surface area (Å²) in [5, 5.41) is 3.01. The molecule has 0 spiro atoms. The molecule has 1 N–H and O–H groups in total. The molecule has 0 bridgehead atoms. The van der Waals surface area contributed by atoms with E-state index in [1.165, 1.54) is 12.5 Å². The van der Waals surface area contributed by atoms with Crippen molar-refractivity contribution in [2.75, 3.05) is 19.1 Å². The summed E-state index contributed by atoms with van der Waals surface area (Å²) in [6.45, 7) is 0.862. The van der Waals surface area contributed by atoms with Gasteiger partial charge in [-0.25, -0.2) is 4.21 Å². The Kier molecular flexibility index (Phi) is 2.85. The van der Waals surface area contributed by atoms with E-state index in [4.69, 9.17) is 0 Å². The van der Waals surface area contributed by atoms with Crippen LogP contribution in [0.15, 0.2) is 4.36 Å². The van der Waals surface area contributed by atoms with E-state index < -0.39 is 9.73 Å². The summed E-state index contributed by atoms with van der Waals surface area (Å²) >= 11 is 0. The Bertz CT molecular complexity index is 278. The monoisotopic (exact) mass is 190 g/mol. The normalized spacial score (nSPS) is 24.0. The van der Waals surface area contributed by atoms with Crippen molar-refractivity contribution in [1.29, 1.82) is 0 Å². The molecule has 0 aromatic carbocycles. The molecule has 0 radical (unpaired) electrons. The van der Waals surface area contributed by atoms with Crippen LogP contribution in [0, 0.1) is 0 Å². The van der Waals surface area contributed by atoms with Crippen molar-refractivity contribution in [1.82, 2.24) is 5.32 Å². The van der Waals surface area contributed by atoms with E-state index in [0.29, 0.717) is 0 Å². The fourth-order valence-electron chi connectivity index (χ4n) is 1.18. The zero-order valence-electron chi connectivity index (χ0n) is 7.37. The van der Waals surface area contributed by atoms with E-state index in [1.807, 2.05) is 0 Å². The number of carbonyl (C=O) groups is 1. The van der Waals surface area contributed by atoms with Crippen LogP contribution in [0.5, 0.6) is 0 Å². The van der Waals surface area contributed by atoms with Gasteiger partial charge in [0.25, 0.3) is 5.91 Å². The van der Waals surface area contributed by atoms with Crippen molar-refractivity contribution in [2.45, 2.75) is 18.9 Å². The van der Waals surface area contributed by atoms with Gasteiger partial charge in [-0.2, -0.15) is 4.36 Å². The molecule has 1 heterocycles. The average Bonchev–Trinajstić information content (AvgIpc) is 2.32. The van der Waals surface area contributed by atoms with Crippen LogP contribution in [0.3, 0.4) is 0 Å². The number of rotatable bonds is 1. The maximum absolute atomic E-state index is 11.3. The van der Waals surface area contributed by atoms with E-state index in [-0.39, 0.29) is 11.9 Å². The summed E-state index contributed by atoms with van der Waals surface area (Å²) in [5.74, 6) is -0.262. The molecular weight excluding hydrogens is 176 g/mol. The second-order valence-electron chi connectivity index (χ2n) is 3.26. The second kappa shape index (κ2) is 3.53. The highest BCUT2D eigenvalue weighted by atomic mass is 32.2. The van der Waals surface area contributed by atoms with Gasteiger partial charge >= 0.3 is 0 Å². The van der Waals surface area contributed by atoms with Crippen LogP contribution in [0.25, 0.3) is 0 Å². The van der Waals surface area contributed by atoms with Crippen LogP contribution in [0.1, 0.15) is 12.8 Å². The number of amides is 1. The molecule has 1 saturated heterocycles. The second-order valence-corrected chi connectivity index (χ2v) is 5.80. The minimum absolute atomic E-state index is 0.189. The van der Waals surface area contributed by atoms with Crippen LogP contribution in [-0.4, -0.2) is 35.2 Å². The first-order chi connectivity index (χ1) is 5.49. The summed E-state index contributed by atoms with van der Waals surface area (Å²) < 4.78 is 14.8. The smallest absolute Gasteiger partial charge is 0.270 e. The van der Waals surface area contributed by atoms with Crippen LogP contribution >= 0.6 is 0 Å². The Balaban J connectivity index is 2.66. The average molecular weight is 190 g/mol.